The molecule has 1 amide bonds. The van der Waals surface area contributed by atoms with E-state index < -0.39 is 6.09 Å². The number of aromatic nitrogens is 2. The minimum Gasteiger partial charge on any atom is -0.453 e. The molecule has 78 valence electrons. The lowest BCUT2D eigenvalue weighted by Crippen LogP contribution is -2.10. The summed E-state index contributed by atoms with van der Waals surface area (Å²) in [5.74, 6) is 0. The Kier molecular flexibility index (Phi) is 2.29. The number of aryl methyl sites for hydroxylation is 1. The van der Waals surface area contributed by atoms with Crippen molar-refractivity contribution in [2.75, 3.05) is 12.4 Å². The second-order valence-electron chi connectivity index (χ2n) is 3.18. The quantitative estimate of drug-likeness (QED) is 0.771. The summed E-state index contributed by atoms with van der Waals surface area (Å²) in [6, 6.07) is 5.50. The van der Waals surface area contributed by atoms with Crippen LogP contribution >= 0.6 is 0 Å². The van der Waals surface area contributed by atoms with E-state index in [2.05, 4.69) is 15.0 Å². The van der Waals surface area contributed by atoms with Gasteiger partial charge in [-0.15, -0.1) is 0 Å². The van der Waals surface area contributed by atoms with Crippen LogP contribution < -0.4 is 5.32 Å². The van der Waals surface area contributed by atoms with Gasteiger partial charge in [-0.3, -0.25) is 5.32 Å². The third kappa shape index (κ3) is 1.76. The van der Waals surface area contributed by atoms with Gasteiger partial charge in [0.05, 0.1) is 24.5 Å². The van der Waals surface area contributed by atoms with Gasteiger partial charge in [0.2, 0.25) is 0 Å². The van der Waals surface area contributed by atoms with Gasteiger partial charge in [0.15, 0.2) is 0 Å². The first kappa shape index (κ1) is 9.51. The highest BCUT2D eigenvalue weighted by Gasteiger charge is 2.03. The molecule has 15 heavy (non-hydrogen) atoms. The monoisotopic (exact) mass is 205 g/mol. The Morgan fingerprint density at radius 3 is 3.07 bits per heavy atom. The SMILES string of the molecule is COC(=O)Nc1ccc2c(c1)ncn2C. The van der Waals surface area contributed by atoms with E-state index in [1.165, 1.54) is 7.11 Å². The van der Waals surface area contributed by atoms with Crippen molar-refractivity contribution in [3.8, 4) is 0 Å². The number of imidazole rings is 1. The van der Waals surface area contributed by atoms with Gasteiger partial charge in [0, 0.05) is 12.7 Å². The summed E-state index contributed by atoms with van der Waals surface area (Å²) in [7, 11) is 3.25. The second kappa shape index (κ2) is 3.61. The molecule has 0 aliphatic carbocycles. The van der Waals surface area contributed by atoms with E-state index >= 15 is 0 Å². The molecular weight excluding hydrogens is 194 g/mol. The van der Waals surface area contributed by atoms with E-state index in [0.29, 0.717) is 5.69 Å². The topological polar surface area (TPSA) is 56.1 Å². The number of amides is 1. The van der Waals surface area contributed by atoms with Crippen LogP contribution in [0, 0.1) is 0 Å². The Hall–Kier alpha value is -2.04. The summed E-state index contributed by atoms with van der Waals surface area (Å²) in [6.07, 6.45) is 1.25. The molecule has 0 atom stereocenters. The average Bonchev–Trinajstić information content (AvgIpc) is 2.60. The normalized spacial score (nSPS) is 10.3. The molecule has 5 heteroatoms. The van der Waals surface area contributed by atoms with Crippen molar-refractivity contribution in [3.05, 3.63) is 24.5 Å². The maximum absolute atomic E-state index is 11.0. The number of fused-ring (bicyclic) bond motifs is 1. The predicted molar refractivity (Wildman–Crippen MR) is 56.7 cm³/mol. The Balaban J connectivity index is 2.35. The van der Waals surface area contributed by atoms with E-state index in [1.54, 1.807) is 18.5 Å². The number of carbonyl (C=O) groups excluding carboxylic acids is 1. The molecule has 1 N–H and O–H groups in total. The first-order chi connectivity index (χ1) is 7.20. The van der Waals surface area contributed by atoms with Crippen molar-refractivity contribution in [1.29, 1.82) is 0 Å². The first-order valence-corrected chi connectivity index (χ1v) is 4.47. The molecule has 1 aromatic heterocycles. The number of nitrogens with zero attached hydrogens (tertiary/aromatic N) is 2. The van der Waals surface area contributed by atoms with Crippen LogP contribution in [-0.4, -0.2) is 22.8 Å². The number of benzene rings is 1. The van der Waals surface area contributed by atoms with Crippen molar-refractivity contribution in [2.24, 2.45) is 7.05 Å². The molecule has 5 nitrogen and oxygen atoms in total. The molecule has 0 spiro atoms. The zero-order valence-corrected chi connectivity index (χ0v) is 8.52. The van der Waals surface area contributed by atoms with Gasteiger partial charge >= 0.3 is 6.09 Å². The van der Waals surface area contributed by atoms with E-state index in [1.807, 2.05) is 17.7 Å². The van der Waals surface area contributed by atoms with Gasteiger partial charge in [-0.2, -0.15) is 0 Å². The molecule has 0 unspecified atom stereocenters. The van der Waals surface area contributed by atoms with Crippen molar-refractivity contribution in [3.63, 3.8) is 0 Å². The maximum atomic E-state index is 11.0. The number of nitrogens with one attached hydrogen (secondary N) is 1. The predicted octanol–water partition coefficient (Wildman–Crippen LogP) is 1.75. The van der Waals surface area contributed by atoms with Crippen LogP contribution in [0.1, 0.15) is 0 Å². The standard InChI is InChI=1S/C10H11N3O2/c1-13-6-11-8-5-7(3-4-9(8)13)12-10(14)15-2/h3-6H,1-2H3,(H,12,14). The van der Waals surface area contributed by atoms with E-state index in [4.69, 9.17) is 0 Å². The van der Waals surface area contributed by atoms with Crippen molar-refractivity contribution in [2.45, 2.75) is 0 Å². The van der Waals surface area contributed by atoms with E-state index in [9.17, 15) is 4.79 Å². The fourth-order valence-corrected chi connectivity index (χ4v) is 1.38. The summed E-state index contributed by atoms with van der Waals surface area (Å²) in [5.41, 5.74) is 2.53. The summed E-state index contributed by atoms with van der Waals surface area (Å²) in [4.78, 5) is 15.1. The highest BCUT2D eigenvalue weighted by molar-refractivity contribution is 5.88. The van der Waals surface area contributed by atoms with Gasteiger partial charge in [-0.25, -0.2) is 9.78 Å². The van der Waals surface area contributed by atoms with Gasteiger partial charge in [0.1, 0.15) is 0 Å². The average molecular weight is 205 g/mol. The molecule has 1 heterocycles. The van der Waals surface area contributed by atoms with Crippen LogP contribution in [-0.2, 0) is 11.8 Å². The zero-order valence-electron chi connectivity index (χ0n) is 8.52. The third-order valence-corrected chi connectivity index (χ3v) is 2.16. The largest absolute Gasteiger partial charge is 0.453 e. The summed E-state index contributed by atoms with van der Waals surface area (Å²) >= 11 is 0. The van der Waals surface area contributed by atoms with E-state index in [-0.39, 0.29) is 0 Å². The van der Waals surface area contributed by atoms with Crippen LogP contribution in [0.5, 0.6) is 0 Å². The van der Waals surface area contributed by atoms with Crippen molar-refractivity contribution in [1.82, 2.24) is 9.55 Å². The van der Waals surface area contributed by atoms with Crippen molar-refractivity contribution < 1.29 is 9.53 Å². The van der Waals surface area contributed by atoms with Crippen molar-refractivity contribution >= 4 is 22.8 Å². The molecule has 0 radical (unpaired) electrons. The fraction of sp³-hybridized carbons (Fsp3) is 0.200. The number of methoxy groups -OCH3 is 1. The molecule has 0 fully saturated rings. The molecule has 0 aliphatic heterocycles. The lowest BCUT2D eigenvalue weighted by molar-refractivity contribution is 0.187. The molecule has 0 aliphatic rings. The number of carbonyl (C=O) groups is 1. The number of ether oxygens (including phenoxy) is 1. The van der Waals surface area contributed by atoms with Gasteiger partial charge in [0.25, 0.3) is 0 Å². The second-order valence-corrected chi connectivity index (χ2v) is 3.18. The zero-order chi connectivity index (χ0) is 10.8. The van der Waals surface area contributed by atoms with E-state index in [0.717, 1.165) is 11.0 Å². The van der Waals surface area contributed by atoms with Gasteiger partial charge in [-0.05, 0) is 18.2 Å². The molecular formula is C10H11N3O2. The molecule has 1 aromatic carbocycles. The highest BCUT2D eigenvalue weighted by Crippen LogP contribution is 2.17. The summed E-state index contributed by atoms with van der Waals surface area (Å²) in [5, 5.41) is 2.58. The van der Waals surface area contributed by atoms with Crippen LogP contribution in [0.25, 0.3) is 11.0 Å². The molecule has 0 bridgehead atoms. The Morgan fingerprint density at radius 2 is 2.33 bits per heavy atom. The first-order valence-electron chi connectivity index (χ1n) is 4.47. The van der Waals surface area contributed by atoms with Crippen LogP contribution in [0.4, 0.5) is 10.5 Å². The third-order valence-electron chi connectivity index (χ3n) is 2.16. The van der Waals surface area contributed by atoms with Crippen LogP contribution in [0.15, 0.2) is 24.5 Å². The highest BCUT2D eigenvalue weighted by atomic mass is 16.5. The fourth-order valence-electron chi connectivity index (χ4n) is 1.38. The Bertz CT molecular complexity index is 504. The lowest BCUT2D eigenvalue weighted by Gasteiger charge is -2.03. The Morgan fingerprint density at radius 1 is 1.53 bits per heavy atom. The summed E-state index contributed by atoms with van der Waals surface area (Å²) in [6.45, 7) is 0. The number of hydrogen-bond donors (Lipinski definition) is 1. The number of hydrogen-bond acceptors (Lipinski definition) is 3. The Labute approximate surface area is 86.7 Å². The lowest BCUT2D eigenvalue weighted by atomic mass is 10.3. The van der Waals surface area contributed by atoms with Crippen LogP contribution in [0.2, 0.25) is 0 Å². The smallest absolute Gasteiger partial charge is 0.411 e. The van der Waals surface area contributed by atoms with Gasteiger partial charge in [-0.1, -0.05) is 0 Å². The molecule has 2 aromatic rings. The molecule has 0 saturated heterocycles. The summed E-state index contributed by atoms with van der Waals surface area (Å²) < 4.78 is 6.41. The minimum atomic E-state index is -0.481. The molecule has 2 rings (SSSR count). The van der Waals surface area contributed by atoms with Crippen LogP contribution in [0.3, 0.4) is 0 Å². The minimum absolute atomic E-state index is 0.481. The van der Waals surface area contributed by atoms with Gasteiger partial charge < -0.3 is 9.30 Å². The number of anilines is 1. The molecule has 0 saturated carbocycles. The number of rotatable bonds is 1. The maximum Gasteiger partial charge on any atom is 0.411 e.